The smallest absolute Gasteiger partial charge is 0.462 e. The maximum atomic E-state index is 13.0. The third kappa shape index (κ3) is 31.7. The van der Waals surface area contributed by atoms with Gasteiger partial charge in [-0.3, -0.25) is 23.2 Å². The molecule has 0 aromatic heterocycles. The van der Waals surface area contributed by atoms with E-state index in [1.54, 1.807) is 18.2 Å². The molecule has 66 heavy (non-hydrogen) atoms. The number of carbonyl (C=O) groups excluding carboxylic acids is 2. The molecule has 6 unspecified atom stereocenters. The molecule has 0 bridgehead atoms. The Hall–Kier alpha value is -2.34. The monoisotopic (exact) mass is 981 g/mol. The van der Waals surface area contributed by atoms with Crippen LogP contribution in [0.25, 0.3) is 0 Å². The van der Waals surface area contributed by atoms with Gasteiger partial charge >= 0.3 is 27.6 Å². The van der Waals surface area contributed by atoms with Gasteiger partial charge in [0.15, 0.2) is 6.10 Å². The average Bonchev–Trinajstić information content (AvgIpc) is 3.27. The number of phosphoric ester groups is 2. The van der Waals surface area contributed by atoms with Gasteiger partial charge in [0.25, 0.3) is 0 Å². The Morgan fingerprint density at radius 1 is 0.576 bits per heavy atom. The summed E-state index contributed by atoms with van der Waals surface area (Å²) in [6, 6.07) is 0. The first-order valence-electron chi connectivity index (χ1n) is 23.9. The highest BCUT2D eigenvalue weighted by Crippen LogP contribution is 2.49. The van der Waals surface area contributed by atoms with Crippen molar-refractivity contribution in [3.05, 3.63) is 60.8 Å². The van der Waals surface area contributed by atoms with Crippen LogP contribution in [0, 0.1) is 0 Å². The largest absolute Gasteiger partial charge is 0.472 e. The number of hydrogen-bond donors (Lipinski definition) is 8. The van der Waals surface area contributed by atoms with Crippen molar-refractivity contribution in [1.82, 2.24) is 0 Å². The molecule has 0 heterocycles. The highest BCUT2D eigenvalue weighted by Gasteiger charge is 2.54. The molecule has 382 valence electrons. The molecule has 0 aliphatic heterocycles. The van der Waals surface area contributed by atoms with Gasteiger partial charge < -0.3 is 49.7 Å². The first kappa shape index (κ1) is 61.7. The molecule has 1 aliphatic carbocycles. The number of unbranched alkanes of at least 4 members (excludes halogenated alkanes) is 15. The molecular weight excluding hydrogens is 898 g/mol. The van der Waals surface area contributed by atoms with Gasteiger partial charge in [-0.05, 0) is 64.2 Å². The van der Waals surface area contributed by atoms with E-state index in [1.807, 2.05) is 18.2 Å². The van der Waals surface area contributed by atoms with Crippen molar-refractivity contribution < 1.29 is 82.0 Å². The van der Waals surface area contributed by atoms with E-state index in [9.17, 15) is 58.9 Å². The van der Waals surface area contributed by atoms with Gasteiger partial charge in [0.2, 0.25) is 0 Å². The minimum atomic E-state index is -5.38. The normalized spacial score (nSPS) is 22.5. The number of carbonyl (C=O) groups is 2. The second kappa shape index (κ2) is 37.5. The minimum absolute atomic E-state index is 0.0121. The van der Waals surface area contributed by atoms with Crippen molar-refractivity contribution in [1.29, 1.82) is 0 Å². The van der Waals surface area contributed by atoms with Crippen LogP contribution in [0.15, 0.2) is 60.8 Å². The number of ether oxygens (including phenoxy) is 2. The lowest BCUT2D eigenvalue weighted by atomic mass is 9.85. The second-order valence-corrected chi connectivity index (χ2v) is 19.2. The first-order valence-corrected chi connectivity index (χ1v) is 27.0. The first-order chi connectivity index (χ1) is 31.5. The van der Waals surface area contributed by atoms with E-state index in [0.29, 0.717) is 25.7 Å². The Bertz CT molecular complexity index is 1530. The summed E-state index contributed by atoms with van der Waals surface area (Å²) in [5.74, 6) is -1.34. The molecule has 1 aliphatic rings. The fourth-order valence-corrected chi connectivity index (χ4v) is 8.46. The minimum Gasteiger partial charge on any atom is -0.462 e. The van der Waals surface area contributed by atoms with Gasteiger partial charge in [0, 0.05) is 12.8 Å². The van der Waals surface area contributed by atoms with Crippen molar-refractivity contribution in [3.8, 4) is 0 Å². The van der Waals surface area contributed by atoms with E-state index >= 15 is 0 Å². The molecule has 0 aromatic carbocycles. The number of allylic oxidation sites excluding steroid dienone is 8. The van der Waals surface area contributed by atoms with Gasteiger partial charge in [-0.2, -0.15) is 0 Å². The molecule has 0 saturated heterocycles. The highest BCUT2D eigenvalue weighted by molar-refractivity contribution is 7.47. The SMILES string of the molecule is CC/C=C\CCCCCCCCCCCCCC(=O)O[C@H](COC(=O)CCC/C=C/C=C\C(O)C/C=C\C/C=C\CCCCC)COP(=O)(O)O[C@H]1C(O)C(O)C(O)[C@@H](OP(=O)(O)O)C1O. The lowest BCUT2D eigenvalue weighted by molar-refractivity contribution is -0.216. The Morgan fingerprint density at radius 2 is 1.12 bits per heavy atom. The quantitative estimate of drug-likeness (QED) is 0.00951. The predicted molar refractivity (Wildman–Crippen MR) is 252 cm³/mol. The van der Waals surface area contributed by atoms with Crippen LogP contribution in [-0.4, -0.2) is 114 Å². The number of hydrogen-bond acceptors (Lipinski definition) is 14. The maximum Gasteiger partial charge on any atom is 0.472 e. The number of esters is 2. The summed E-state index contributed by atoms with van der Waals surface area (Å²) >= 11 is 0. The Balaban J connectivity index is 2.66. The van der Waals surface area contributed by atoms with E-state index in [4.69, 9.17) is 18.5 Å². The zero-order chi connectivity index (χ0) is 49.1. The molecule has 9 atom stereocenters. The van der Waals surface area contributed by atoms with Crippen LogP contribution in [0.4, 0.5) is 0 Å². The van der Waals surface area contributed by atoms with E-state index in [1.165, 1.54) is 51.4 Å². The Labute approximate surface area is 392 Å². The van der Waals surface area contributed by atoms with Gasteiger partial charge in [-0.25, -0.2) is 9.13 Å². The van der Waals surface area contributed by atoms with Crippen LogP contribution in [-0.2, 0) is 41.8 Å². The van der Waals surface area contributed by atoms with Crippen molar-refractivity contribution in [2.45, 2.75) is 210 Å². The Morgan fingerprint density at radius 3 is 1.74 bits per heavy atom. The van der Waals surface area contributed by atoms with E-state index < -0.39 is 89.6 Å². The third-order valence-electron chi connectivity index (χ3n) is 10.7. The summed E-state index contributed by atoms with van der Waals surface area (Å²) in [6.07, 6.45) is 24.9. The molecule has 1 saturated carbocycles. The highest BCUT2D eigenvalue weighted by atomic mass is 31.2. The molecule has 1 fully saturated rings. The third-order valence-corrected chi connectivity index (χ3v) is 12.2. The number of phosphoric acid groups is 2. The summed E-state index contributed by atoms with van der Waals surface area (Å²) < 4.78 is 49.3. The Kier molecular flexibility index (Phi) is 35.1. The summed E-state index contributed by atoms with van der Waals surface area (Å²) in [7, 11) is -10.7. The van der Waals surface area contributed by atoms with Crippen LogP contribution in [0.2, 0.25) is 0 Å². The summed E-state index contributed by atoms with van der Waals surface area (Å²) in [5.41, 5.74) is 0. The molecule has 8 N–H and O–H groups in total. The van der Waals surface area contributed by atoms with Crippen molar-refractivity contribution in [2.24, 2.45) is 0 Å². The van der Waals surface area contributed by atoms with Crippen LogP contribution < -0.4 is 0 Å². The molecular formula is C47H82O17P2. The molecule has 1 rings (SSSR count). The molecule has 17 nitrogen and oxygen atoms in total. The molecule has 0 spiro atoms. The second-order valence-electron chi connectivity index (χ2n) is 16.6. The predicted octanol–water partition coefficient (Wildman–Crippen LogP) is 8.03. The number of aliphatic hydroxyl groups is 5. The van der Waals surface area contributed by atoms with Crippen molar-refractivity contribution in [2.75, 3.05) is 13.2 Å². The fraction of sp³-hybridized carbons (Fsp3) is 0.745. The molecule has 0 amide bonds. The number of rotatable bonds is 39. The van der Waals surface area contributed by atoms with Gasteiger partial charge in [0.1, 0.15) is 43.2 Å². The summed E-state index contributed by atoms with van der Waals surface area (Å²) in [6.45, 7) is 2.87. The van der Waals surface area contributed by atoms with Crippen LogP contribution in [0.1, 0.15) is 162 Å². The fourth-order valence-electron chi connectivity index (χ4n) is 6.92. The van der Waals surface area contributed by atoms with E-state index in [2.05, 4.69) is 42.7 Å². The summed E-state index contributed by atoms with van der Waals surface area (Å²) in [4.78, 5) is 54.3. The average molecular weight is 981 g/mol. The molecule has 0 aromatic rings. The van der Waals surface area contributed by atoms with Crippen LogP contribution in [0.5, 0.6) is 0 Å². The lowest BCUT2D eigenvalue weighted by Crippen LogP contribution is -2.64. The topological polar surface area (TPSA) is 276 Å². The zero-order valence-corrected chi connectivity index (χ0v) is 41.0. The standard InChI is InChI=1S/C47H82O17P2/c1-3-5-7-9-11-13-14-15-16-17-18-20-22-26-31-35-41(50)62-39(37-61-66(58,59)64-47-44(53)42(51)43(52)46(45(47)54)63-65(55,56)57)36-60-40(49)34-30-27-23-25-29-33-38(48)32-28-24-21-19-12-10-8-6-4-2/h5,7,12,19,23-25,28-29,33,38-39,42-48,51-54H,3-4,6,8-11,13-18,20-22,26-27,30-32,34-37H2,1-2H3,(H,58,59)(H2,55,56,57)/b7-5-,19-12-,25-23+,28-24-,33-29-/t38?,39-,42?,43?,44?,45?,46-,47+/m1/s1. The maximum absolute atomic E-state index is 13.0. The number of aliphatic hydroxyl groups excluding tert-OH is 5. The van der Waals surface area contributed by atoms with Crippen LogP contribution in [0.3, 0.4) is 0 Å². The van der Waals surface area contributed by atoms with Crippen LogP contribution >= 0.6 is 15.6 Å². The van der Waals surface area contributed by atoms with Gasteiger partial charge in [-0.15, -0.1) is 0 Å². The lowest BCUT2D eigenvalue weighted by Gasteiger charge is -2.43. The van der Waals surface area contributed by atoms with E-state index in [0.717, 1.165) is 57.8 Å². The van der Waals surface area contributed by atoms with Crippen molar-refractivity contribution >= 4 is 27.6 Å². The summed E-state index contributed by atoms with van der Waals surface area (Å²) in [5, 5.41) is 51.4. The molecule has 19 heteroatoms. The van der Waals surface area contributed by atoms with Crippen molar-refractivity contribution in [3.63, 3.8) is 0 Å². The van der Waals surface area contributed by atoms with Gasteiger partial charge in [-0.1, -0.05) is 145 Å². The molecule has 0 radical (unpaired) electrons. The van der Waals surface area contributed by atoms with E-state index in [-0.39, 0.29) is 12.8 Å². The zero-order valence-electron chi connectivity index (χ0n) is 39.2. The van der Waals surface area contributed by atoms with Gasteiger partial charge in [0.05, 0.1) is 12.7 Å².